The van der Waals surface area contributed by atoms with Crippen molar-refractivity contribution < 1.29 is 14.3 Å². The van der Waals surface area contributed by atoms with Gasteiger partial charge < -0.3 is 9.30 Å². The lowest BCUT2D eigenvalue weighted by molar-refractivity contribution is -0.143. The molecule has 1 aromatic carbocycles. The highest BCUT2D eigenvalue weighted by Gasteiger charge is 2.13. The van der Waals surface area contributed by atoms with Crippen molar-refractivity contribution in [3.63, 3.8) is 0 Å². The molecule has 0 spiro atoms. The van der Waals surface area contributed by atoms with Gasteiger partial charge in [0.05, 0.1) is 16.8 Å². The number of rotatable bonds is 4. The SMILES string of the molecule is CCOC(=O)Cn1c(=NC(=O)CC)sc2cccc(C)c21. The van der Waals surface area contributed by atoms with Crippen LogP contribution in [0.3, 0.4) is 0 Å². The maximum absolute atomic E-state index is 11.8. The lowest BCUT2D eigenvalue weighted by Gasteiger charge is -2.06. The molecule has 0 saturated carbocycles. The molecule has 1 heterocycles. The molecular weight excluding hydrogens is 288 g/mol. The summed E-state index contributed by atoms with van der Waals surface area (Å²) in [5.41, 5.74) is 1.97. The summed E-state index contributed by atoms with van der Waals surface area (Å²) < 4.78 is 7.78. The largest absolute Gasteiger partial charge is 0.465 e. The molecule has 0 saturated heterocycles. The van der Waals surface area contributed by atoms with Gasteiger partial charge in [0.2, 0.25) is 5.91 Å². The highest BCUT2D eigenvalue weighted by Crippen LogP contribution is 2.21. The Morgan fingerprint density at radius 1 is 1.33 bits per heavy atom. The van der Waals surface area contributed by atoms with E-state index in [0.717, 1.165) is 15.8 Å². The van der Waals surface area contributed by atoms with E-state index in [0.29, 0.717) is 17.8 Å². The molecule has 1 amide bonds. The Hall–Kier alpha value is -1.95. The molecule has 0 fully saturated rings. The first-order valence-electron chi connectivity index (χ1n) is 6.89. The fraction of sp³-hybridized carbons (Fsp3) is 0.400. The predicted octanol–water partition coefficient (Wildman–Crippen LogP) is 2.41. The van der Waals surface area contributed by atoms with Crippen LogP contribution in [0.5, 0.6) is 0 Å². The normalized spacial score (nSPS) is 11.9. The molecule has 0 N–H and O–H groups in total. The Bertz CT molecular complexity index is 743. The van der Waals surface area contributed by atoms with Gasteiger partial charge >= 0.3 is 5.97 Å². The first-order valence-corrected chi connectivity index (χ1v) is 7.70. The summed E-state index contributed by atoms with van der Waals surface area (Å²) in [6, 6.07) is 5.89. The number of fused-ring (bicyclic) bond motifs is 1. The smallest absolute Gasteiger partial charge is 0.326 e. The minimum absolute atomic E-state index is 0.0640. The van der Waals surface area contributed by atoms with Crippen molar-refractivity contribution in [1.29, 1.82) is 0 Å². The summed E-state index contributed by atoms with van der Waals surface area (Å²) in [5.74, 6) is -0.525. The fourth-order valence-electron chi connectivity index (χ4n) is 2.06. The average molecular weight is 306 g/mol. The zero-order valence-corrected chi connectivity index (χ0v) is 13.2. The van der Waals surface area contributed by atoms with E-state index in [4.69, 9.17) is 4.74 Å². The van der Waals surface area contributed by atoms with Crippen molar-refractivity contribution >= 4 is 33.4 Å². The number of carbonyl (C=O) groups is 2. The van der Waals surface area contributed by atoms with Gasteiger partial charge in [-0.3, -0.25) is 9.59 Å². The van der Waals surface area contributed by atoms with E-state index in [-0.39, 0.29) is 18.4 Å². The molecule has 6 heteroatoms. The van der Waals surface area contributed by atoms with Crippen molar-refractivity contribution in [1.82, 2.24) is 4.57 Å². The lowest BCUT2D eigenvalue weighted by atomic mass is 10.2. The van der Waals surface area contributed by atoms with Crippen LogP contribution in [0.4, 0.5) is 0 Å². The zero-order chi connectivity index (χ0) is 15.4. The van der Waals surface area contributed by atoms with Crippen LogP contribution in [0.1, 0.15) is 25.8 Å². The molecule has 0 unspecified atom stereocenters. The van der Waals surface area contributed by atoms with E-state index in [2.05, 4.69) is 4.99 Å². The van der Waals surface area contributed by atoms with Crippen molar-refractivity contribution in [2.45, 2.75) is 33.7 Å². The number of esters is 1. The van der Waals surface area contributed by atoms with Gasteiger partial charge in [0.1, 0.15) is 6.54 Å². The maximum atomic E-state index is 11.8. The Balaban J connectivity index is 2.62. The van der Waals surface area contributed by atoms with Gasteiger partial charge in [0.25, 0.3) is 0 Å². The molecule has 112 valence electrons. The second-order valence-electron chi connectivity index (χ2n) is 4.56. The number of para-hydroxylation sites is 1. The standard InChI is InChI=1S/C15H18N2O3S/c1-4-12(18)16-15-17(9-13(19)20-5-2)14-10(3)7-6-8-11(14)21-15/h6-8H,4-5,9H2,1-3H3. The van der Waals surface area contributed by atoms with Crippen molar-refractivity contribution in [2.24, 2.45) is 4.99 Å². The number of benzene rings is 1. The van der Waals surface area contributed by atoms with Crippen LogP contribution >= 0.6 is 11.3 Å². The fourth-order valence-corrected chi connectivity index (χ4v) is 3.19. The van der Waals surface area contributed by atoms with Crippen LogP contribution in [0.2, 0.25) is 0 Å². The van der Waals surface area contributed by atoms with Gasteiger partial charge in [-0.1, -0.05) is 30.4 Å². The number of ether oxygens (including phenoxy) is 1. The van der Waals surface area contributed by atoms with Crippen LogP contribution in [0.25, 0.3) is 10.2 Å². The highest BCUT2D eigenvalue weighted by molar-refractivity contribution is 7.16. The second-order valence-corrected chi connectivity index (χ2v) is 5.57. The molecule has 21 heavy (non-hydrogen) atoms. The summed E-state index contributed by atoms with van der Waals surface area (Å²) in [5, 5.41) is 0. The third kappa shape index (κ3) is 3.39. The molecule has 0 aliphatic carbocycles. The summed E-state index contributed by atoms with van der Waals surface area (Å²) in [6.07, 6.45) is 0.340. The van der Waals surface area contributed by atoms with E-state index in [1.807, 2.05) is 25.1 Å². The minimum Gasteiger partial charge on any atom is -0.465 e. The third-order valence-corrected chi connectivity index (χ3v) is 4.06. The summed E-state index contributed by atoms with van der Waals surface area (Å²) in [6.45, 7) is 5.91. The average Bonchev–Trinajstić information content (AvgIpc) is 2.78. The number of thiazole rings is 1. The molecule has 0 bridgehead atoms. The summed E-state index contributed by atoms with van der Waals surface area (Å²) >= 11 is 1.41. The molecule has 2 rings (SSSR count). The van der Waals surface area contributed by atoms with Gasteiger partial charge in [0, 0.05) is 6.42 Å². The third-order valence-electron chi connectivity index (χ3n) is 3.02. The number of hydrogen-bond acceptors (Lipinski definition) is 4. The minimum atomic E-state index is -0.328. The number of amides is 1. The molecule has 0 atom stereocenters. The number of carbonyl (C=O) groups excluding carboxylic acids is 2. The molecular formula is C15H18N2O3S. The van der Waals surface area contributed by atoms with Gasteiger partial charge in [-0.25, -0.2) is 0 Å². The number of aromatic nitrogens is 1. The van der Waals surface area contributed by atoms with Crippen LogP contribution in [0.15, 0.2) is 23.2 Å². The Kier molecular flexibility index (Phi) is 4.90. The molecule has 0 aliphatic rings. The molecule has 0 aliphatic heterocycles. The van der Waals surface area contributed by atoms with E-state index in [1.165, 1.54) is 11.3 Å². The maximum Gasteiger partial charge on any atom is 0.326 e. The Morgan fingerprint density at radius 3 is 2.76 bits per heavy atom. The number of hydrogen-bond donors (Lipinski definition) is 0. The van der Waals surface area contributed by atoms with Gasteiger partial charge in [-0.05, 0) is 25.5 Å². The van der Waals surface area contributed by atoms with Gasteiger partial charge in [0.15, 0.2) is 4.80 Å². The first-order chi connectivity index (χ1) is 10.1. The van der Waals surface area contributed by atoms with Gasteiger partial charge in [-0.15, -0.1) is 0 Å². The zero-order valence-electron chi connectivity index (χ0n) is 12.4. The molecule has 2 aromatic rings. The van der Waals surface area contributed by atoms with Crippen LogP contribution in [0, 0.1) is 6.92 Å². The monoisotopic (exact) mass is 306 g/mol. The Labute approximate surface area is 126 Å². The Morgan fingerprint density at radius 2 is 2.10 bits per heavy atom. The van der Waals surface area contributed by atoms with Crippen molar-refractivity contribution in [3.05, 3.63) is 28.6 Å². The molecule has 0 radical (unpaired) electrons. The number of nitrogens with zero attached hydrogens (tertiary/aromatic N) is 2. The van der Waals surface area contributed by atoms with E-state index in [1.54, 1.807) is 18.4 Å². The quantitative estimate of drug-likeness (QED) is 0.815. The second kappa shape index (κ2) is 6.67. The van der Waals surface area contributed by atoms with E-state index < -0.39 is 0 Å². The molecule has 5 nitrogen and oxygen atoms in total. The van der Waals surface area contributed by atoms with Crippen LogP contribution in [-0.4, -0.2) is 23.1 Å². The van der Waals surface area contributed by atoms with Crippen molar-refractivity contribution in [3.8, 4) is 0 Å². The van der Waals surface area contributed by atoms with Crippen molar-refractivity contribution in [2.75, 3.05) is 6.61 Å². The number of aryl methyl sites for hydroxylation is 1. The van der Waals surface area contributed by atoms with Crippen LogP contribution < -0.4 is 4.80 Å². The predicted molar refractivity (Wildman–Crippen MR) is 82.0 cm³/mol. The lowest BCUT2D eigenvalue weighted by Crippen LogP contribution is -2.23. The first kappa shape index (κ1) is 15.4. The summed E-state index contributed by atoms with van der Waals surface area (Å²) in [7, 11) is 0. The summed E-state index contributed by atoms with van der Waals surface area (Å²) in [4.78, 5) is 28.1. The van der Waals surface area contributed by atoms with Crippen LogP contribution in [-0.2, 0) is 20.9 Å². The highest BCUT2D eigenvalue weighted by atomic mass is 32.1. The van der Waals surface area contributed by atoms with E-state index >= 15 is 0 Å². The topological polar surface area (TPSA) is 60.7 Å². The molecule has 1 aromatic heterocycles. The van der Waals surface area contributed by atoms with Gasteiger partial charge in [-0.2, -0.15) is 4.99 Å². The van der Waals surface area contributed by atoms with E-state index in [9.17, 15) is 9.59 Å².